The summed E-state index contributed by atoms with van der Waals surface area (Å²) < 4.78 is 39.7. The van der Waals surface area contributed by atoms with E-state index >= 15 is 0 Å². The predicted molar refractivity (Wildman–Crippen MR) is 111 cm³/mol. The number of piperazine rings is 1. The molecule has 1 N–H and O–H groups in total. The van der Waals surface area contributed by atoms with Gasteiger partial charge in [-0.3, -0.25) is 9.59 Å². The maximum atomic E-state index is 13.2. The Morgan fingerprint density at radius 3 is 2.45 bits per heavy atom. The highest BCUT2D eigenvalue weighted by Crippen LogP contribution is 2.32. The van der Waals surface area contributed by atoms with Crippen LogP contribution in [0.25, 0.3) is 0 Å². The zero-order valence-corrected chi connectivity index (χ0v) is 17.4. The molecule has 2 heterocycles. The Morgan fingerprint density at radius 1 is 1.06 bits per heavy atom. The van der Waals surface area contributed by atoms with Crippen molar-refractivity contribution >= 4 is 23.4 Å². The van der Waals surface area contributed by atoms with Crippen molar-refractivity contribution in [3.05, 3.63) is 35.4 Å². The first-order valence-corrected chi connectivity index (χ1v) is 10.4. The minimum atomic E-state index is -4.59. The maximum absolute atomic E-state index is 13.2. The third-order valence-corrected chi connectivity index (χ3v) is 5.33. The Labute approximate surface area is 179 Å². The van der Waals surface area contributed by atoms with Gasteiger partial charge in [-0.15, -0.1) is 10.2 Å². The second-order valence-electron chi connectivity index (χ2n) is 7.53. The van der Waals surface area contributed by atoms with Gasteiger partial charge in [-0.05, 0) is 18.6 Å². The van der Waals surface area contributed by atoms with Gasteiger partial charge in [-0.1, -0.05) is 31.9 Å². The van der Waals surface area contributed by atoms with E-state index in [0.717, 1.165) is 25.3 Å². The Hall–Kier alpha value is -2.91. The first kappa shape index (κ1) is 22.8. The molecular formula is C21H26F3N5O2. The fourth-order valence-corrected chi connectivity index (χ4v) is 3.57. The molecule has 0 aromatic heterocycles. The first-order valence-electron chi connectivity index (χ1n) is 10.4. The smallest absolute Gasteiger partial charge is 0.355 e. The van der Waals surface area contributed by atoms with Gasteiger partial charge in [0.2, 0.25) is 0 Å². The molecule has 0 radical (unpaired) electrons. The summed E-state index contributed by atoms with van der Waals surface area (Å²) in [6, 6.07) is 4.83. The quantitative estimate of drug-likeness (QED) is 0.696. The van der Waals surface area contributed by atoms with Gasteiger partial charge >= 0.3 is 6.18 Å². The van der Waals surface area contributed by atoms with Crippen molar-refractivity contribution in [1.82, 2.24) is 15.1 Å². The zero-order chi connectivity index (χ0) is 22.4. The number of unbranched alkanes of at least 4 members (excludes halogenated alkanes) is 2. The lowest BCUT2D eigenvalue weighted by Gasteiger charge is -2.36. The molecule has 7 nitrogen and oxygen atoms in total. The number of hydrogen-bond acceptors (Lipinski definition) is 5. The fraction of sp³-hybridized carbons (Fsp3) is 0.524. The van der Waals surface area contributed by atoms with Gasteiger partial charge in [0, 0.05) is 32.7 Å². The van der Waals surface area contributed by atoms with Crippen molar-refractivity contribution in [2.24, 2.45) is 10.2 Å². The van der Waals surface area contributed by atoms with Crippen molar-refractivity contribution in [3.8, 4) is 0 Å². The number of carbonyl (C=O) groups is 2. The molecule has 0 aliphatic carbocycles. The molecule has 2 aliphatic rings. The topological polar surface area (TPSA) is 77.4 Å². The van der Waals surface area contributed by atoms with E-state index in [-0.39, 0.29) is 24.6 Å². The van der Waals surface area contributed by atoms with E-state index in [1.807, 2.05) is 4.90 Å². The third-order valence-electron chi connectivity index (χ3n) is 5.33. The molecule has 10 heteroatoms. The van der Waals surface area contributed by atoms with E-state index in [2.05, 4.69) is 22.4 Å². The van der Waals surface area contributed by atoms with Crippen LogP contribution in [0.2, 0.25) is 0 Å². The average molecular weight is 437 g/mol. The number of carbonyl (C=O) groups excluding carboxylic acids is 2. The highest BCUT2D eigenvalue weighted by atomic mass is 19.4. The van der Waals surface area contributed by atoms with Crippen LogP contribution in [0.3, 0.4) is 0 Å². The normalized spacial score (nSPS) is 16.8. The minimum Gasteiger partial charge on any atom is -0.355 e. The Balaban J connectivity index is 1.51. The SMILES string of the molecule is CCCCCNC(=O)C1=NN=C(N2CCN(C(=O)c3ccccc3C(F)(F)F)CC2)C1. The van der Waals surface area contributed by atoms with Crippen LogP contribution in [0.1, 0.15) is 48.5 Å². The van der Waals surface area contributed by atoms with Gasteiger partial charge < -0.3 is 15.1 Å². The summed E-state index contributed by atoms with van der Waals surface area (Å²) >= 11 is 0. The number of nitrogens with zero attached hydrogens (tertiary/aromatic N) is 4. The molecule has 0 saturated carbocycles. The van der Waals surface area contributed by atoms with Gasteiger partial charge in [0.05, 0.1) is 17.5 Å². The fourth-order valence-electron chi connectivity index (χ4n) is 3.57. The monoisotopic (exact) mass is 437 g/mol. The van der Waals surface area contributed by atoms with Gasteiger partial charge in [0.15, 0.2) is 0 Å². The van der Waals surface area contributed by atoms with E-state index in [1.165, 1.54) is 23.1 Å². The van der Waals surface area contributed by atoms with Crippen LogP contribution >= 0.6 is 0 Å². The number of nitrogens with one attached hydrogen (secondary N) is 1. The highest BCUT2D eigenvalue weighted by Gasteiger charge is 2.36. The zero-order valence-electron chi connectivity index (χ0n) is 17.4. The first-order chi connectivity index (χ1) is 14.8. The summed E-state index contributed by atoms with van der Waals surface area (Å²) in [4.78, 5) is 28.2. The summed E-state index contributed by atoms with van der Waals surface area (Å²) in [5, 5.41) is 10.9. The van der Waals surface area contributed by atoms with Gasteiger partial charge in [-0.25, -0.2) is 0 Å². The average Bonchev–Trinajstić information content (AvgIpc) is 3.26. The molecule has 0 unspecified atom stereocenters. The van der Waals surface area contributed by atoms with Crippen LogP contribution in [0, 0.1) is 0 Å². The van der Waals surface area contributed by atoms with Gasteiger partial charge in [0.1, 0.15) is 11.5 Å². The number of hydrogen-bond donors (Lipinski definition) is 1. The van der Waals surface area contributed by atoms with Crippen molar-refractivity contribution in [1.29, 1.82) is 0 Å². The molecule has 0 atom stereocenters. The Kier molecular flexibility index (Phi) is 7.29. The molecule has 168 valence electrons. The van der Waals surface area contributed by atoms with Crippen molar-refractivity contribution < 1.29 is 22.8 Å². The number of halogens is 3. The van der Waals surface area contributed by atoms with Crippen LogP contribution < -0.4 is 5.32 Å². The van der Waals surface area contributed by atoms with E-state index in [0.29, 0.717) is 37.6 Å². The molecule has 1 fully saturated rings. The van der Waals surface area contributed by atoms with Gasteiger partial charge in [-0.2, -0.15) is 13.2 Å². The number of amides is 2. The molecule has 0 bridgehead atoms. The molecule has 0 spiro atoms. The van der Waals surface area contributed by atoms with Crippen LogP contribution in [0.15, 0.2) is 34.5 Å². The van der Waals surface area contributed by atoms with Crippen molar-refractivity contribution in [3.63, 3.8) is 0 Å². The molecule has 3 rings (SSSR count). The highest BCUT2D eigenvalue weighted by molar-refractivity contribution is 6.43. The summed E-state index contributed by atoms with van der Waals surface area (Å²) in [6.45, 7) is 4.05. The second kappa shape index (κ2) is 9.93. The van der Waals surface area contributed by atoms with E-state index in [9.17, 15) is 22.8 Å². The lowest BCUT2D eigenvalue weighted by Crippen LogP contribution is -2.51. The minimum absolute atomic E-state index is 0.229. The maximum Gasteiger partial charge on any atom is 0.417 e. The number of benzene rings is 1. The van der Waals surface area contributed by atoms with Crippen LogP contribution in [0.4, 0.5) is 13.2 Å². The van der Waals surface area contributed by atoms with E-state index in [4.69, 9.17) is 0 Å². The summed E-state index contributed by atoms with van der Waals surface area (Å²) in [5.41, 5.74) is -0.915. The number of amidine groups is 1. The molecule has 2 amide bonds. The van der Waals surface area contributed by atoms with Crippen molar-refractivity contribution in [2.45, 2.75) is 38.8 Å². The van der Waals surface area contributed by atoms with Crippen LogP contribution in [0.5, 0.6) is 0 Å². The Morgan fingerprint density at radius 2 is 1.77 bits per heavy atom. The van der Waals surface area contributed by atoms with Gasteiger partial charge in [0.25, 0.3) is 11.8 Å². The van der Waals surface area contributed by atoms with Crippen LogP contribution in [-0.2, 0) is 11.0 Å². The summed E-state index contributed by atoms with van der Waals surface area (Å²) in [5.74, 6) is -0.224. The van der Waals surface area contributed by atoms with Crippen molar-refractivity contribution in [2.75, 3.05) is 32.7 Å². The number of alkyl halides is 3. The Bertz CT molecular complexity index is 874. The molecule has 2 aliphatic heterocycles. The molecular weight excluding hydrogens is 411 g/mol. The van der Waals surface area contributed by atoms with E-state index in [1.54, 1.807) is 0 Å². The lowest BCUT2D eigenvalue weighted by atomic mass is 10.1. The van der Waals surface area contributed by atoms with Crippen LogP contribution in [-0.4, -0.2) is 65.9 Å². The molecule has 1 aromatic carbocycles. The summed E-state index contributed by atoms with van der Waals surface area (Å²) in [6.07, 6.45) is -1.25. The summed E-state index contributed by atoms with van der Waals surface area (Å²) in [7, 11) is 0. The predicted octanol–water partition coefficient (Wildman–Crippen LogP) is 2.93. The lowest BCUT2D eigenvalue weighted by molar-refractivity contribution is -0.138. The third kappa shape index (κ3) is 5.62. The largest absolute Gasteiger partial charge is 0.417 e. The standard InChI is InChI=1S/C21H26F3N5O2/c1-2-3-6-9-25-19(30)17-14-18(27-26-17)28-10-12-29(13-11-28)20(31)15-7-4-5-8-16(15)21(22,23)24/h4-5,7-8H,2-3,6,9-14H2,1H3,(H,25,30). The number of rotatable bonds is 6. The molecule has 1 aromatic rings. The molecule has 1 saturated heterocycles. The van der Waals surface area contributed by atoms with E-state index < -0.39 is 17.6 Å². The second-order valence-corrected chi connectivity index (χ2v) is 7.53. The molecule has 31 heavy (non-hydrogen) atoms.